The molecule has 9 heteroatoms. The first-order chi connectivity index (χ1) is 9.38. The molecule has 1 unspecified atom stereocenters. The number of carbonyl (C=O) groups excluding carboxylic acids is 3. The van der Waals surface area contributed by atoms with E-state index in [1.54, 1.807) is 0 Å². The van der Waals surface area contributed by atoms with E-state index in [1.165, 1.54) is 20.8 Å². The van der Waals surface area contributed by atoms with Gasteiger partial charge in [-0.25, -0.2) is 9.69 Å². The second kappa shape index (κ2) is 5.53. The number of amides is 2. The average molecular weight is 311 g/mol. The van der Waals surface area contributed by atoms with E-state index >= 15 is 0 Å². The SMILES string of the molecule is COC(=O)C1C[C@@H](C(F)(F)F)N(C(=O)OC(C)(C)C)C1=O. The molecule has 6 nitrogen and oxygen atoms in total. The Bertz CT molecular complexity index is 455. The maximum Gasteiger partial charge on any atom is 0.417 e. The lowest BCUT2D eigenvalue weighted by Gasteiger charge is -2.28. The number of halogens is 3. The summed E-state index contributed by atoms with van der Waals surface area (Å²) in [6, 6.07) is -2.40. The van der Waals surface area contributed by atoms with Crippen LogP contribution in [-0.4, -0.2) is 47.8 Å². The van der Waals surface area contributed by atoms with Crippen molar-refractivity contribution in [2.45, 2.75) is 45.0 Å². The summed E-state index contributed by atoms with van der Waals surface area (Å²) in [7, 11) is 0.953. The molecule has 120 valence electrons. The van der Waals surface area contributed by atoms with Gasteiger partial charge in [-0.1, -0.05) is 0 Å². The molecule has 0 spiro atoms. The molecule has 21 heavy (non-hydrogen) atoms. The Morgan fingerprint density at radius 1 is 1.24 bits per heavy atom. The Balaban J connectivity index is 3.09. The van der Waals surface area contributed by atoms with Crippen LogP contribution < -0.4 is 0 Å². The van der Waals surface area contributed by atoms with Crippen LogP contribution in [0.4, 0.5) is 18.0 Å². The molecule has 0 N–H and O–H groups in total. The molecule has 1 rings (SSSR count). The normalized spacial score (nSPS) is 23.2. The van der Waals surface area contributed by atoms with Gasteiger partial charge in [-0.3, -0.25) is 9.59 Å². The fourth-order valence-corrected chi connectivity index (χ4v) is 1.90. The van der Waals surface area contributed by atoms with E-state index in [0.29, 0.717) is 0 Å². The Hall–Kier alpha value is -1.80. The summed E-state index contributed by atoms with van der Waals surface area (Å²) in [5, 5.41) is 0. The highest BCUT2D eigenvalue weighted by atomic mass is 19.4. The number of hydrogen-bond acceptors (Lipinski definition) is 5. The average Bonchev–Trinajstić information content (AvgIpc) is 2.63. The van der Waals surface area contributed by atoms with Crippen molar-refractivity contribution in [1.29, 1.82) is 0 Å². The first-order valence-corrected chi connectivity index (χ1v) is 6.09. The summed E-state index contributed by atoms with van der Waals surface area (Å²) in [4.78, 5) is 35.0. The molecule has 1 fully saturated rings. The van der Waals surface area contributed by atoms with E-state index in [0.717, 1.165) is 7.11 Å². The minimum absolute atomic E-state index is 0.0488. The molecule has 1 aliphatic heterocycles. The molecule has 1 aliphatic rings. The molecule has 0 aromatic heterocycles. The van der Waals surface area contributed by atoms with Crippen molar-refractivity contribution < 1.29 is 37.0 Å². The van der Waals surface area contributed by atoms with Crippen molar-refractivity contribution in [1.82, 2.24) is 4.90 Å². The second-order valence-electron chi connectivity index (χ2n) is 5.56. The Labute approximate surface area is 119 Å². The summed E-state index contributed by atoms with van der Waals surface area (Å²) in [5.41, 5.74) is -1.07. The second-order valence-corrected chi connectivity index (χ2v) is 5.56. The van der Waals surface area contributed by atoms with Crippen LogP contribution in [0, 0.1) is 5.92 Å². The quantitative estimate of drug-likeness (QED) is 0.546. The predicted octanol–water partition coefficient (Wildman–Crippen LogP) is 1.87. The zero-order chi connectivity index (χ0) is 16.6. The van der Waals surface area contributed by atoms with Crippen LogP contribution in [0.5, 0.6) is 0 Å². The number of hydrogen-bond donors (Lipinski definition) is 0. The van der Waals surface area contributed by atoms with Crippen LogP contribution >= 0.6 is 0 Å². The van der Waals surface area contributed by atoms with Crippen LogP contribution in [0.15, 0.2) is 0 Å². The molecule has 0 radical (unpaired) electrons. The topological polar surface area (TPSA) is 72.9 Å². The molecular formula is C12H16F3NO5. The lowest BCUT2D eigenvalue weighted by atomic mass is 10.1. The maximum atomic E-state index is 13.0. The summed E-state index contributed by atoms with van der Waals surface area (Å²) in [5.74, 6) is -4.03. The van der Waals surface area contributed by atoms with Gasteiger partial charge < -0.3 is 9.47 Å². The van der Waals surface area contributed by atoms with E-state index in [4.69, 9.17) is 4.74 Å². The summed E-state index contributed by atoms with van der Waals surface area (Å²) >= 11 is 0. The molecule has 1 saturated heterocycles. The minimum Gasteiger partial charge on any atom is -0.468 e. The Morgan fingerprint density at radius 2 is 1.76 bits per heavy atom. The third kappa shape index (κ3) is 3.85. The lowest BCUT2D eigenvalue weighted by Crippen LogP contribution is -2.48. The van der Waals surface area contributed by atoms with Gasteiger partial charge in [0.1, 0.15) is 17.6 Å². The van der Waals surface area contributed by atoms with Crippen molar-refractivity contribution in [2.75, 3.05) is 7.11 Å². The molecule has 0 bridgehead atoms. The number of methoxy groups -OCH3 is 1. The summed E-state index contributed by atoms with van der Waals surface area (Å²) < 4.78 is 48.0. The number of likely N-dealkylation sites (tertiary alicyclic amines) is 1. The minimum atomic E-state index is -4.85. The number of rotatable bonds is 1. The van der Waals surface area contributed by atoms with Gasteiger partial charge in [0, 0.05) is 0 Å². The van der Waals surface area contributed by atoms with E-state index in [1.807, 2.05) is 0 Å². The van der Waals surface area contributed by atoms with Crippen LogP contribution in [0.3, 0.4) is 0 Å². The van der Waals surface area contributed by atoms with E-state index in [2.05, 4.69) is 4.74 Å². The van der Waals surface area contributed by atoms with Crippen LogP contribution in [0.1, 0.15) is 27.2 Å². The van der Waals surface area contributed by atoms with Gasteiger partial charge in [0.05, 0.1) is 7.11 Å². The highest BCUT2D eigenvalue weighted by Gasteiger charge is 2.58. The van der Waals surface area contributed by atoms with Crippen molar-refractivity contribution in [2.24, 2.45) is 5.92 Å². The molecule has 0 saturated carbocycles. The number of imide groups is 1. The highest BCUT2D eigenvalue weighted by molar-refractivity contribution is 6.05. The third-order valence-corrected chi connectivity index (χ3v) is 2.76. The molecule has 2 atom stereocenters. The van der Waals surface area contributed by atoms with Gasteiger partial charge >= 0.3 is 18.2 Å². The lowest BCUT2D eigenvalue weighted by molar-refractivity contribution is -0.177. The van der Waals surface area contributed by atoms with Crippen molar-refractivity contribution in [3.05, 3.63) is 0 Å². The van der Waals surface area contributed by atoms with E-state index < -0.39 is 48.1 Å². The molecule has 0 aliphatic carbocycles. The summed E-state index contributed by atoms with van der Waals surface area (Å²) in [6.45, 7) is 4.35. The van der Waals surface area contributed by atoms with E-state index in [-0.39, 0.29) is 4.90 Å². The predicted molar refractivity (Wildman–Crippen MR) is 63.0 cm³/mol. The third-order valence-electron chi connectivity index (χ3n) is 2.76. The molecule has 2 amide bonds. The number of esters is 1. The first kappa shape index (κ1) is 17.3. The number of ether oxygens (including phenoxy) is 2. The monoisotopic (exact) mass is 311 g/mol. The van der Waals surface area contributed by atoms with Gasteiger partial charge in [-0.05, 0) is 27.2 Å². The molecule has 0 aromatic carbocycles. The van der Waals surface area contributed by atoms with Crippen LogP contribution in [0.2, 0.25) is 0 Å². The van der Waals surface area contributed by atoms with Gasteiger partial charge in [-0.2, -0.15) is 13.2 Å². The maximum absolute atomic E-state index is 13.0. The van der Waals surface area contributed by atoms with Crippen LogP contribution in [-0.2, 0) is 19.1 Å². The Morgan fingerprint density at radius 3 is 2.14 bits per heavy atom. The van der Waals surface area contributed by atoms with Gasteiger partial charge in [0.25, 0.3) is 0 Å². The van der Waals surface area contributed by atoms with E-state index in [9.17, 15) is 27.6 Å². The zero-order valence-corrected chi connectivity index (χ0v) is 12.0. The van der Waals surface area contributed by atoms with Crippen LogP contribution in [0.25, 0.3) is 0 Å². The molecule has 0 aromatic rings. The first-order valence-electron chi connectivity index (χ1n) is 6.09. The van der Waals surface area contributed by atoms with Gasteiger partial charge in [0.2, 0.25) is 5.91 Å². The number of carbonyl (C=O) groups is 3. The Kier molecular flexibility index (Phi) is 4.54. The zero-order valence-electron chi connectivity index (χ0n) is 12.0. The molecule has 1 heterocycles. The fourth-order valence-electron chi connectivity index (χ4n) is 1.90. The fraction of sp³-hybridized carbons (Fsp3) is 0.750. The van der Waals surface area contributed by atoms with Crippen molar-refractivity contribution in [3.63, 3.8) is 0 Å². The standard InChI is InChI=1S/C12H16F3NO5/c1-11(2,3)21-10(19)16-7(12(13,14)15)5-6(8(16)17)9(18)20-4/h6-7H,5H2,1-4H3/t6?,7-/m0/s1. The molecular weight excluding hydrogens is 295 g/mol. The van der Waals surface area contributed by atoms with Gasteiger partial charge in [-0.15, -0.1) is 0 Å². The number of nitrogens with zero attached hydrogens (tertiary/aromatic N) is 1. The van der Waals surface area contributed by atoms with Crippen molar-refractivity contribution in [3.8, 4) is 0 Å². The highest BCUT2D eigenvalue weighted by Crippen LogP contribution is 2.37. The van der Waals surface area contributed by atoms with Crippen molar-refractivity contribution >= 4 is 18.0 Å². The van der Waals surface area contributed by atoms with Gasteiger partial charge in [0.15, 0.2) is 0 Å². The number of alkyl halides is 3. The largest absolute Gasteiger partial charge is 0.468 e. The summed E-state index contributed by atoms with van der Waals surface area (Å²) in [6.07, 6.45) is -7.15. The smallest absolute Gasteiger partial charge is 0.417 e.